The fourth-order valence-electron chi connectivity index (χ4n) is 2.87. The number of hydrogen-bond acceptors (Lipinski definition) is 4. The van der Waals surface area contributed by atoms with Gasteiger partial charge in [-0.05, 0) is 24.3 Å². The number of rotatable bonds is 5. The summed E-state index contributed by atoms with van der Waals surface area (Å²) in [6.45, 7) is 0.129. The van der Waals surface area contributed by atoms with Crippen LogP contribution in [0.15, 0.2) is 39.8 Å². The molecule has 6 nitrogen and oxygen atoms in total. The Kier molecular flexibility index (Phi) is 5.56. The molecule has 0 spiro atoms. The summed E-state index contributed by atoms with van der Waals surface area (Å²) in [7, 11) is -4.33. The quantitative estimate of drug-likeness (QED) is 0.719. The van der Waals surface area contributed by atoms with Crippen LogP contribution in [0, 0.1) is 17.5 Å². The van der Waals surface area contributed by atoms with Crippen molar-refractivity contribution in [3.05, 3.63) is 53.7 Å². The molecule has 0 atom stereocenters. The summed E-state index contributed by atoms with van der Waals surface area (Å²) >= 11 is 0. The van der Waals surface area contributed by atoms with Gasteiger partial charge in [0.25, 0.3) is 0 Å². The largest absolute Gasteiger partial charge is 0.469 e. The Morgan fingerprint density at radius 1 is 1.04 bits per heavy atom. The van der Waals surface area contributed by atoms with Crippen LogP contribution in [0.25, 0.3) is 0 Å². The standard InChI is InChI=1S/C17H17F3N2O4S/c18-13-4-5-14(17(20)16(13)19)27(24,25)22-9-7-21(8-10-22)15(23)6-3-12-2-1-11-26-12/h1-2,4-5,11H,3,6-10H2. The normalized spacial score (nSPS) is 15.9. The van der Waals surface area contributed by atoms with Gasteiger partial charge in [-0.25, -0.2) is 21.6 Å². The number of carbonyl (C=O) groups excluding carboxylic acids is 1. The highest BCUT2D eigenvalue weighted by Crippen LogP contribution is 2.24. The Hall–Kier alpha value is -2.33. The Morgan fingerprint density at radius 2 is 1.74 bits per heavy atom. The lowest BCUT2D eigenvalue weighted by atomic mass is 10.2. The van der Waals surface area contributed by atoms with Crippen molar-refractivity contribution in [2.75, 3.05) is 26.2 Å². The average Bonchev–Trinajstić information content (AvgIpc) is 3.17. The van der Waals surface area contributed by atoms with Crippen LogP contribution in [0.4, 0.5) is 13.2 Å². The fourth-order valence-corrected chi connectivity index (χ4v) is 4.35. The maximum Gasteiger partial charge on any atom is 0.246 e. The molecule has 0 aliphatic carbocycles. The van der Waals surface area contributed by atoms with Gasteiger partial charge in [0.2, 0.25) is 15.9 Å². The van der Waals surface area contributed by atoms with E-state index < -0.39 is 32.4 Å². The molecule has 1 saturated heterocycles. The third-order valence-corrected chi connectivity index (χ3v) is 6.29. The van der Waals surface area contributed by atoms with Gasteiger partial charge in [0.1, 0.15) is 10.7 Å². The third kappa shape index (κ3) is 4.01. The molecule has 2 heterocycles. The number of hydrogen-bond donors (Lipinski definition) is 0. The summed E-state index contributed by atoms with van der Waals surface area (Å²) < 4.78 is 71.4. The zero-order valence-electron chi connectivity index (χ0n) is 14.2. The lowest BCUT2D eigenvalue weighted by Gasteiger charge is -2.34. The monoisotopic (exact) mass is 402 g/mol. The maximum atomic E-state index is 13.9. The Bertz CT molecular complexity index is 924. The Morgan fingerprint density at radius 3 is 2.37 bits per heavy atom. The molecule has 1 fully saturated rings. The predicted octanol–water partition coefficient (Wildman–Crippen LogP) is 2.16. The number of benzene rings is 1. The van der Waals surface area contributed by atoms with Crippen LogP contribution in [-0.4, -0.2) is 49.7 Å². The first-order valence-corrected chi connectivity index (χ1v) is 9.68. The summed E-state index contributed by atoms with van der Waals surface area (Å²) in [5.41, 5.74) is 0. The van der Waals surface area contributed by atoms with Gasteiger partial charge in [-0.3, -0.25) is 4.79 Å². The third-order valence-electron chi connectivity index (χ3n) is 4.37. The molecule has 10 heteroatoms. The molecule has 146 valence electrons. The first-order valence-electron chi connectivity index (χ1n) is 8.24. The van der Waals surface area contributed by atoms with Gasteiger partial charge in [0, 0.05) is 39.0 Å². The summed E-state index contributed by atoms with van der Waals surface area (Å²) in [4.78, 5) is 12.8. The molecule has 3 rings (SSSR count). The molecule has 1 aromatic carbocycles. The lowest BCUT2D eigenvalue weighted by Crippen LogP contribution is -2.50. The number of carbonyl (C=O) groups is 1. The highest BCUT2D eigenvalue weighted by molar-refractivity contribution is 7.89. The van der Waals surface area contributed by atoms with E-state index in [-0.39, 0.29) is 38.5 Å². The van der Waals surface area contributed by atoms with Crippen LogP contribution in [0.1, 0.15) is 12.2 Å². The minimum absolute atomic E-state index is 0.0622. The molecular weight excluding hydrogens is 385 g/mol. The molecule has 0 radical (unpaired) electrons. The predicted molar refractivity (Wildman–Crippen MR) is 88.7 cm³/mol. The van der Waals surface area contributed by atoms with E-state index in [1.165, 1.54) is 11.2 Å². The summed E-state index contributed by atoms with van der Waals surface area (Å²) in [5, 5.41) is 0. The minimum atomic E-state index is -4.33. The van der Waals surface area contributed by atoms with E-state index in [9.17, 15) is 26.4 Å². The molecular formula is C17H17F3N2O4S. The summed E-state index contributed by atoms with van der Waals surface area (Å²) in [5.74, 6) is -4.51. The van der Waals surface area contributed by atoms with Crippen LogP contribution >= 0.6 is 0 Å². The number of aryl methyl sites for hydroxylation is 1. The topological polar surface area (TPSA) is 70.8 Å². The first kappa shape index (κ1) is 19.4. The first-order chi connectivity index (χ1) is 12.8. The van der Waals surface area contributed by atoms with Crippen molar-refractivity contribution in [2.45, 2.75) is 17.7 Å². The van der Waals surface area contributed by atoms with Crippen LogP contribution in [0.2, 0.25) is 0 Å². The van der Waals surface area contributed by atoms with E-state index in [1.54, 1.807) is 12.1 Å². The van der Waals surface area contributed by atoms with E-state index in [1.807, 2.05) is 0 Å². The molecule has 1 aliphatic heterocycles. The van der Waals surface area contributed by atoms with Crippen LogP contribution in [-0.2, 0) is 21.2 Å². The van der Waals surface area contributed by atoms with E-state index in [2.05, 4.69) is 0 Å². The van der Waals surface area contributed by atoms with Gasteiger partial charge in [-0.1, -0.05) is 0 Å². The van der Waals surface area contributed by atoms with Crippen LogP contribution in [0.5, 0.6) is 0 Å². The molecule has 1 aliphatic rings. The van der Waals surface area contributed by atoms with Gasteiger partial charge < -0.3 is 9.32 Å². The van der Waals surface area contributed by atoms with Crippen molar-refractivity contribution in [1.29, 1.82) is 0 Å². The lowest BCUT2D eigenvalue weighted by molar-refractivity contribution is -0.132. The smallest absolute Gasteiger partial charge is 0.246 e. The van der Waals surface area contributed by atoms with Crippen molar-refractivity contribution in [2.24, 2.45) is 0 Å². The maximum absolute atomic E-state index is 13.9. The minimum Gasteiger partial charge on any atom is -0.469 e. The number of furan rings is 1. The van der Waals surface area contributed by atoms with Gasteiger partial charge in [0.05, 0.1) is 6.26 Å². The van der Waals surface area contributed by atoms with Gasteiger partial charge in [-0.2, -0.15) is 4.31 Å². The number of halogens is 3. The highest BCUT2D eigenvalue weighted by Gasteiger charge is 2.33. The molecule has 0 unspecified atom stereocenters. The number of piperazine rings is 1. The van der Waals surface area contributed by atoms with Gasteiger partial charge in [-0.15, -0.1) is 0 Å². The second-order valence-electron chi connectivity index (χ2n) is 6.04. The van der Waals surface area contributed by atoms with Crippen LogP contribution < -0.4 is 0 Å². The van der Waals surface area contributed by atoms with Gasteiger partial charge in [0.15, 0.2) is 17.5 Å². The molecule has 1 amide bonds. The molecule has 2 aromatic rings. The fraction of sp³-hybridized carbons (Fsp3) is 0.353. The molecule has 0 saturated carbocycles. The highest BCUT2D eigenvalue weighted by atomic mass is 32.2. The van der Waals surface area contributed by atoms with E-state index in [0.717, 1.165) is 4.31 Å². The Balaban J connectivity index is 1.63. The van der Waals surface area contributed by atoms with Gasteiger partial charge >= 0.3 is 0 Å². The van der Waals surface area contributed by atoms with E-state index in [0.29, 0.717) is 24.3 Å². The average molecular weight is 402 g/mol. The molecule has 1 aromatic heterocycles. The van der Waals surface area contributed by atoms with Crippen molar-refractivity contribution < 1.29 is 30.8 Å². The van der Waals surface area contributed by atoms with Crippen molar-refractivity contribution in [1.82, 2.24) is 9.21 Å². The van der Waals surface area contributed by atoms with Crippen molar-refractivity contribution in [3.63, 3.8) is 0 Å². The molecule has 0 N–H and O–H groups in total. The SMILES string of the molecule is O=C(CCc1ccco1)N1CCN(S(=O)(=O)c2ccc(F)c(F)c2F)CC1. The zero-order valence-corrected chi connectivity index (χ0v) is 15.0. The molecule has 0 bridgehead atoms. The van der Waals surface area contributed by atoms with Crippen molar-refractivity contribution >= 4 is 15.9 Å². The molecule has 27 heavy (non-hydrogen) atoms. The zero-order chi connectivity index (χ0) is 19.6. The second kappa shape index (κ2) is 7.73. The van der Waals surface area contributed by atoms with E-state index in [4.69, 9.17) is 4.42 Å². The second-order valence-corrected chi connectivity index (χ2v) is 7.94. The summed E-state index contributed by atoms with van der Waals surface area (Å²) in [6.07, 6.45) is 2.17. The van der Waals surface area contributed by atoms with E-state index >= 15 is 0 Å². The van der Waals surface area contributed by atoms with Crippen LogP contribution in [0.3, 0.4) is 0 Å². The summed E-state index contributed by atoms with van der Waals surface area (Å²) in [6, 6.07) is 4.75. The number of nitrogens with zero attached hydrogens (tertiary/aromatic N) is 2. The van der Waals surface area contributed by atoms with Crippen molar-refractivity contribution in [3.8, 4) is 0 Å². The number of amides is 1. The Labute approximate surface area is 154 Å². The number of sulfonamides is 1.